The fraction of sp³-hybridized carbons (Fsp3) is 0.667. The van der Waals surface area contributed by atoms with E-state index in [1.807, 2.05) is 14.0 Å². The first kappa shape index (κ1) is 13.7. The second kappa shape index (κ2) is 5.82. The third-order valence-corrected chi connectivity index (χ3v) is 2.75. The van der Waals surface area contributed by atoms with E-state index >= 15 is 0 Å². The van der Waals surface area contributed by atoms with E-state index in [1.54, 1.807) is 10.9 Å². The predicted octanol–water partition coefficient (Wildman–Crippen LogP) is 1.19. The Balaban J connectivity index is 2.90. The third kappa shape index (κ3) is 3.30. The predicted molar refractivity (Wildman–Crippen MR) is 65.5 cm³/mol. The number of carbonyl (C=O) groups is 1. The molecule has 17 heavy (non-hydrogen) atoms. The molecule has 96 valence electrons. The van der Waals surface area contributed by atoms with Gasteiger partial charge in [0.1, 0.15) is 6.04 Å². The van der Waals surface area contributed by atoms with E-state index in [1.165, 1.54) is 7.11 Å². The zero-order valence-corrected chi connectivity index (χ0v) is 11.2. The van der Waals surface area contributed by atoms with E-state index in [9.17, 15) is 4.79 Å². The van der Waals surface area contributed by atoms with Crippen LogP contribution < -0.4 is 5.32 Å². The SMILES string of the molecule is COC(=O)C(NCC(C)C)c1cnn(C)c1C. The maximum atomic E-state index is 11.8. The molecular formula is C12H21N3O2. The lowest BCUT2D eigenvalue weighted by Crippen LogP contribution is -2.32. The molecular weight excluding hydrogens is 218 g/mol. The van der Waals surface area contributed by atoms with Gasteiger partial charge in [-0.15, -0.1) is 0 Å². The first-order valence-electron chi connectivity index (χ1n) is 5.77. The van der Waals surface area contributed by atoms with Crippen LogP contribution in [0.3, 0.4) is 0 Å². The normalized spacial score (nSPS) is 12.8. The molecule has 1 aromatic rings. The highest BCUT2D eigenvalue weighted by molar-refractivity contribution is 5.77. The Labute approximate surface area is 102 Å². The van der Waals surface area contributed by atoms with Crippen molar-refractivity contribution in [3.8, 4) is 0 Å². The van der Waals surface area contributed by atoms with Crippen molar-refractivity contribution in [3.63, 3.8) is 0 Å². The molecule has 0 saturated carbocycles. The van der Waals surface area contributed by atoms with Gasteiger partial charge in [0.2, 0.25) is 0 Å². The van der Waals surface area contributed by atoms with Crippen LogP contribution >= 0.6 is 0 Å². The summed E-state index contributed by atoms with van der Waals surface area (Å²) < 4.78 is 6.58. The smallest absolute Gasteiger partial charge is 0.327 e. The van der Waals surface area contributed by atoms with Gasteiger partial charge in [0.05, 0.1) is 13.3 Å². The maximum absolute atomic E-state index is 11.8. The molecule has 0 aromatic carbocycles. The number of hydrogen-bond donors (Lipinski definition) is 1. The number of ether oxygens (including phenoxy) is 1. The van der Waals surface area contributed by atoms with Gasteiger partial charge in [-0.25, -0.2) is 4.79 Å². The molecule has 0 aliphatic rings. The highest BCUT2D eigenvalue weighted by atomic mass is 16.5. The zero-order chi connectivity index (χ0) is 13.0. The van der Waals surface area contributed by atoms with E-state index < -0.39 is 6.04 Å². The number of esters is 1. The summed E-state index contributed by atoms with van der Waals surface area (Å²) in [4.78, 5) is 11.8. The summed E-state index contributed by atoms with van der Waals surface area (Å²) in [6.07, 6.45) is 1.71. The largest absolute Gasteiger partial charge is 0.468 e. The van der Waals surface area contributed by atoms with Gasteiger partial charge in [0.15, 0.2) is 0 Å². The summed E-state index contributed by atoms with van der Waals surface area (Å²) in [5.41, 5.74) is 1.84. The Hall–Kier alpha value is -1.36. The Morgan fingerprint density at radius 2 is 2.24 bits per heavy atom. The molecule has 0 amide bonds. The van der Waals surface area contributed by atoms with Crippen LogP contribution in [0.4, 0.5) is 0 Å². The average molecular weight is 239 g/mol. The van der Waals surface area contributed by atoms with Gasteiger partial charge in [-0.3, -0.25) is 4.68 Å². The molecule has 0 bridgehead atoms. The molecule has 0 spiro atoms. The van der Waals surface area contributed by atoms with Gasteiger partial charge >= 0.3 is 5.97 Å². The molecule has 0 aliphatic carbocycles. The van der Waals surface area contributed by atoms with Gasteiger partial charge in [0.25, 0.3) is 0 Å². The standard InChI is InChI=1S/C12H21N3O2/c1-8(2)6-13-11(12(16)17-5)10-7-14-15(4)9(10)3/h7-8,11,13H,6H2,1-5H3. The van der Waals surface area contributed by atoms with Crippen molar-refractivity contribution in [2.24, 2.45) is 13.0 Å². The summed E-state index contributed by atoms with van der Waals surface area (Å²) in [6.45, 7) is 6.89. The lowest BCUT2D eigenvalue weighted by atomic mass is 10.1. The molecule has 0 aliphatic heterocycles. The van der Waals surface area contributed by atoms with Crippen LogP contribution in [0.25, 0.3) is 0 Å². The van der Waals surface area contributed by atoms with E-state index in [-0.39, 0.29) is 5.97 Å². The summed E-state index contributed by atoms with van der Waals surface area (Å²) in [5.74, 6) is 0.195. The number of rotatable bonds is 5. The van der Waals surface area contributed by atoms with Crippen LogP contribution in [-0.4, -0.2) is 29.4 Å². The van der Waals surface area contributed by atoms with Crippen molar-refractivity contribution in [1.29, 1.82) is 0 Å². The number of aryl methyl sites for hydroxylation is 1. The van der Waals surface area contributed by atoms with Crippen LogP contribution in [0.1, 0.15) is 31.1 Å². The van der Waals surface area contributed by atoms with Crippen LogP contribution in [-0.2, 0) is 16.6 Å². The minimum atomic E-state index is -0.434. The average Bonchev–Trinajstić information content (AvgIpc) is 2.60. The topological polar surface area (TPSA) is 56.1 Å². The van der Waals surface area contributed by atoms with Gasteiger partial charge in [-0.2, -0.15) is 5.10 Å². The van der Waals surface area contributed by atoms with Gasteiger partial charge < -0.3 is 10.1 Å². The summed E-state index contributed by atoms with van der Waals surface area (Å²) in [5, 5.41) is 7.36. The summed E-state index contributed by atoms with van der Waals surface area (Å²) >= 11 is 0. The van der Waals surface area contributed by atoms with Crippen molar-refractivity contribution >= 4 is 5.97 Å². The summed E-state index contributed by atoms with van der Waals surface area (Å²) in [7, 11) is 3.26. The molecule has 5 nitrogen and oxygen atoms in total. The third-order valence-electron chi connectivity index (χ3n) is 2.75. The van der Waals surface area contributed by atoms with Crippen molar-refractivity contribution < 1.29 is 9.53 Å². The van der Waals surface area contributed by atoms with Crippen LogP contribution in [0.2, 0.25) is 0 Å². The van der Waals surface area contributed by atoms with E-state index in [4.69, 9.17) is 4.74 Å². The molecule has 0 fully saturated rings. The monoisotopic (exact) mass is 239 g/mol. The quantitative estimate of drug-likeness (QED) is 0.784. The fourth-order valence-corrected chi connectivity index (χ4v) is 1.59. The molecule has 5 heteroatoms. The molecule has 1 aromatic heterocycles. The number of nitrogens with zero attached hydrogens (tertiary/aromatic N) is 2. The zero-order valence-electron chi connectivity index (χ0n) is 11.2. The first-order chi connectivity index (χ1) is 7.97. The second-order valence-corrected chi connectivity index (χ2v) is 4.57. The summed E-state index contributed by atoms with van der Waals surface area (Å²) in [6, 6.07) is -0.434. The van der Waals surface area contributed by atoms with Gasteiger partial charge in [0, 0.05) is 18.3 Å². The Kier molecular flexibility index (Phi) is 4.69. The Morgan fingerprint density at radius 1 is 1.59 bits per heavy atom. The minimum Gasteiger partial charge on any atom is -0.468 e. The molecule has 0 radical (unpaired) electrons. The first-order valence-corrected chi connectivity index (χ1v) is 5.77. The van der Waals surface area contributed by atoms with Gasteiger partial charge in [-0.05, 0) is 19.4 Å². The number of methoxy groups -OCH3 is 1. The lowest BCUT2D eigenvalue weighted by molar-refractivity contribution is -0.143. The van der Waals surface area contributed by atoms with Crippen molar-refractivity contribution in [2.45, 2.75) is 26.8 Å². The lowest BCUT2D eigenvalue weighted by Gasteiger charge is -2.17. The van der Waals surface area contributed by atoms with Crippen molar-refractivity contribution in [1.82, 2.24) is 15.1 Å². The molecule has 1 atom stereocenters. The molecule has 1 heterocycles. The fourth-order valence-electron chi connectivity index (χ4n) is 1.59. The number of aromatic nitrogens is 2. The molecule has 1 unspecified atom stereocenters. The highest BCUT2D eigenvalue weighted by Gasteiger charge is 2.24. The van der Waals surface area contributed by atoms with E-state index in [0.29, 0.717) is 5.92 Å². The van der Waals surface area contributed by atoms with Crippen molar-refractivity contribution in [3.05, 3.63) is 17.5 Å². The van der Waals surface area contributed by atoms with E-state index in [2.05, 4.69) is 24.3 Å². The maximum Gasteiger partial charge on any atom is 0.327 e. The van der Waals surface area contributed by atoms with Gasteiger partial charge in [-0.1, -0.05) is 13.8 Å². The van der Waals surface area contributed by atoms with Crippen molar-refractivity contribution in [2.75, 3.05) is 13.7 Å². The highest BCUT2D eigenvalue weighted by Crippen LogP contribution is 2.18. The van der Waals surface area contributed by atoms with Crippen LogP contribution in [0.15, 0.2) is 6.20 Å². The van der Waals surface area contributed by atoms with E-state index in [0.717, 1.165) is 17.8 Å². The minimum absolute atomic E-state index is 0.276. The number of nitrogens with one attached hydrogen (secondary N) is 1. The Bertz CT molecular complexity index is 385. The van der Waals surface area contributed by atoms with Crippen LogP contribution in [0, 0.1) is 12.8 Å². The molecule has 1 N–H and O–H groups in total. The number of carbonyl (C=O) groups excluding carboxylic acids is 1. The van der Waals surface area contributed by atoms with Crippen LogP contribution in [0.5, 0.6) is 0 Å². The molecule has 0 saturated heterocycles. The number of hydrogen-bond acceptors (Lipinski definition) is 4. The second-order valence-electron chi connectivity index (χ2n) is 4.57. The molecule has 1 rings (SSSR count). The Morgan fingerprint density at radius 3 is 2.65 bits per heavy atom.